The predicted molar refractivity (Wildman–Crippen MR) is 109 cm³/mol. The van der Waals surface area contributed by atoms with Crippen LogP contribution in [-0.2, 0) is 11.3 Å². The first kappa shape index (κ1) is 20.6. The minimum Gasteiger partial charge on any atom is -0.384 e. The molecule has 4 aliphatic carbocycles. The number of hydrogen-bond donors (Lipinski definition) is 1. The van der Waals surface area contributed by atoms with E-state index in [1.807, 2.05) is 12.3 Å². The van der Waals surface area contributed by atoms with Crippen LogP contribution in [0.3, 0.4) is 0 Å². The third-order valence-electron chi connectivity index (χ3n) is 9.72. The fourth-order valence-corrected chi connectivity index (χ4v) is 8.30. The van der Waals surface area contributed by atoms with Gasteiger partial charge in [0.15, 0.2) is 5.78 Å². The van der Waals surface area contributed by atoms with Crippen molar-refractivity contribution in [3.05, 3.63) is 18.5 Å². The normalized spacial score (nSPS) is 45.6. The number of carbonyl (C=O) groups is 1. The number of alkyl halides is 2. The number of halogens is 2. The Hall–Kier alpha value is -1.30. The van der Waals surface area contributed by atoms with Crippen LogP contribution >= 0.6 is 0 Å². The quantitative estimate of drug-likeness (QED) is 0.767. The van der Waals surface area contributed by atoms with E-state index in [1.54, 1.807) is 10.9 Å². The number of Topliss-reactive ketones (excluding diaryl/α,β-unsaturated/α-hetero) is 1. The van der Waals surface area contributed by atoms with E-state index in [4.69, 9.17) is 0 Å². The molecule has 0 aliphatic heterocycles. The summed E-state index contributed by atoms with van der Waals surface area (Å²) >= 11 is 0. The van der Waals surface area contributed by atoms with Gasteiger partial charge < -0.3 is 5.11 Å². The summed E-state index contributed by atoms with van der Waals surface area (Å²) in [5, 5.41) is 14.6. The Morgan fingerprint density at radius 3 is 2.67 bits per heavy atom. The molecule has 1 aromatic rings. The second-order valence-electron chi connectivity index (χ2n) is 10.9. The molecule has 1 aromatic heterocycles. The van der Waals surface area contributed by atoms with Crippen molar-refractivity contribution in [1.29, 1.82) is 0 Å². The SMILES string of the molecule is C[C@]12CC[C@H]3[C@@H](CC[C@H]4C[C@@](O)(C(F)F)CC[C@@H]43)[C@@H]1CC[C@@H]2C(=O)Cn1cccn1. The maximum atomic E-state index is 13.4. The molecule has 4 nitrogen and oxygen atoms in total. The minimum absolute atomic E-state index is 0.0661. The monoisotopic (exact) mass is 420 g/mol. The zero-order valence-corrected chi connectivity index (χ0v) is 17.9. The maximum Gasteiger partial charge on any atom is 0.266 e. The van der Waals surface area contributed by atoms with Crippen LogP contribution in [-0.4, -0.2) is 32.7 Å². The van der Waals surface area contributed by atoms with Gasteiger partial charge in [-0.2, -0.15) is 5.10 Å². The number of fused-ring (bicyclic) bond motifs is 5. The summed E-state index contributed by atoms with van der Waals surface area (Å²) in [5.74, 6) is 2.92. The summed E-state index contributed by atoms with van der Waals surface area (Å²) in [4.78, 5) is 13.1. The van der Waals surface area contributed by atoms with Crippen molar-refractivity contribution >= 4 is 5.78 Å². The van der Waals surface area contributed by atoms with Crippen molar-refractivity contribution in [1.82, 2.24) is 9.78 Å². The van der Waals surface area contributed by atoms with Gasteiger partial charge in [0.25, 0.3) is 6.43 Å². The summed E-state index contributed by atoms with van der Waals surface area (Å²) < 4.78 is 28.5. The predicted octanol–water partition coefficient (Wildman–Crippen LogP) is 4.72. The van der Waals surface area contributed by atoms with Crippen LogP contribution in [0.5, 0.6) is 0 Å². The van der Waals surface area contributed by atoms with E-state index >= 15 is 0 Å². The molecule has 5 rings (SSSR count). The average Bonchev–Trinajstić information content (AvgIpc) is 3.34. The third kappa shape index (κ3) is 3.16. The highest BCUT2D eigenvalue weighted by Gasteiger charge is 2.59. The first-order valence-corrected chi connectivity index (χ1v) is 11.8. The van der Waals surface area contributed by atoms with Crippen molar-refractivity contribution in [2.45, 2.75) is 83.3 Å². The lowest BCUT2D eigenvalue weighted by Crippen LogP contribution is -2.53. The highest BCUT2D eigenvalue weighted by atomic mass is 19.3. The number of aromatic nitrogens is 2. The van der Waals surface area contributed by atoms with Gasteiger partial charge >= 0.3 is 0 Å². The van der Waals surface area contributed by atoms with Gasteiger partial charge in [-0.25, -0.2) is 8.78 Å². The van der Waals surface area contributed by atoms with Crippen LogP contribution in [0.4, 0.5) is 8.78 Å². The van der Waals surface area contributed by atoms with Crippen molar-refractivity contribution in [3.63, 3.8) is 0 Å². The van der Waals surface area contributed by atoms with Gasteiger partial charge in [0.1, 0.15) is 5.60 Å². The van der Waals surface area contributed by atoms with E-state index in [0.29, 0.717) is 36.0 Å². The van der Waals surface area contributed by atoms with Crippen LogP contribution in [0.15, 0.2) is 18.5 Å². The van der Waals surface area contributed by atoms with E-state index < -0.39 is 12.0 Å². The zero-order chi connectivity index (χ0) is 21.1. The molecule has 4 fully saturated rings. The molecule has 8 atom stereocenters. The van der Waals surface area contributed by atoms with Crippen molar-refractivity contribution in [2.24, 2.45) is 40.9 Å². The van der Waals surface area contributed by atoms with Gasteiger partial charge in [-0.3, -0.25) is 9.48 Å². The molecule has 0 radical (unpaired) electrons. The molecule has 4 saturated carbocycles. The molecule has 0 spiro atoms. The molecule has 4 aliphatic rings. The van der Waals surface area contributed by atoms with Crippen LogP contribution in [0.25, 0.3) is 0 Å². The van der Waals surface area contributed by atoms with E-state index in [9.17, 15) is 18.7 Å². The molecule has 0 bridgehead atoms. The Balaban J connectivity index is 1.30. The largest absolute Gasteiger partial charge is 0.384 e. The average molecular weight is 421 g/mol. The lowest BCUT2D eigenvalue weighted by molar-refractivity contribution is -0.160. The fraction of sp³-hybridized carbons (Fsp3) is 0.833. The fourth-order valence-electron chi connectivity index (χ4n) is 8.30. The lowest BCUT2D eigenvalue weighted by atomic mass is 9.49. The Morgan fingerprint density at radius 2 is 1.93 bits per heavy atom. The zero-order valence-electron chi connectivity index (χ0n) is 17.9. The summed E-state index contributed by atoms with van der Waals surface area (Å²) in [6.07, 6.45) is 8.48. The van der Waals surface area contributed by atoms with Crippen LogP contribution in [0.1, 0.15) is 64.7 Å². The molecule has 0 aromatic carbocycles. The molecule has 1 N–H and O–H groups in total. The van der Waals surface area contributed by atoms with Gasteiger partial charge in [-0.15, -0.1) is 0 Å². The Kier molecular flexibility index (Phi) is 5.07. The first-order chi connectivity index (χ1) is 14.3. The second-order valence-corrected chi connectivity index (χ2v) is 10.9. The summed E-state index contributed by atoms with van der Waals surface area (Å²) in [7, 11) is 0. The van der Waals surface area contributed by atoms with Crippen molar-refractivity contribution < 1.29 is 18.7 Å². The number of rotatable bonds is 4. The number of ketones is 1. The van der Waals surface area contributed by atoms with Gasteiger partial charge in [0.05, 0.1) is 6.54 Å². The van der Waals surface area contributed by atoms with Gasteiger partial charge in [-0.05, 0) is 98.9 Å². The molecule has 0 unspecified atom stereocenters. The number of hydrogen-bond acceptors (Lipinski definition) is 3. The molecular formula is C24H34F2N2O2. The standard InChI is InChI=1S/C24H34F2N2O2/c1-23-9-7-17-16-8-10-24(30,22(25)26)13-15(16)3-4-18(17)19(23)5-6-20(23)21(29)14-28-12-2-11-27-28/h2,11-12,15-20,22,30H,3-10,13-14H2,1H3/t15-,16-,17+,18+,19-,20+,23-,24+/m0/s1. The molecule has 1 heterocycles. The van der Waals surface area contributed by atoms with Gasteiger partial charge in [0, 0.05) is 18.3 Å². The second kappa shape index (κ2) is 7.39. The maximum absolute atomic E-state index is 13.4. The molecule has 30 heavy (non-hydrogen) atoms. The van der Waals surface area contributed by atoms with E-state index in [2.05, 4.69) is 12.0 Å². The van der Waals surface area contributed by atoms with Crippen molar-refractivity contribution in [2.75, 3.05) is 0 Å². The van der Waals surface area contributed by atoms with E-state index in [0.717, 1.165) is 44.9 Å². The molecule has 166 valence electrons. The van der Waals surface area contributed by atoms with Crippen LogP contribution < -0.4 is 0 Å². The highest BCUT2D eigenvalue weighted by Crippen LogP contribution is 2.64. The summed E-state index contributed by atoms with van der Waals surface area (Å²) in [5.41, 5.74) is -1.70. The van der Waals surface area contributed by atoms with E-state index in [1.165, 1.54) is 0 Å². The smallest absolute Gasteiger partial charge is 0.266 e. The van der Waals surface area contributed by atoms with Crippen LogP contribution in [0.2, 0.25) is 0 Å². The number of nitrogens with zero attached hydrogens (tertiary/aromatic N) is 2. The topological polar surface area (TPSA) is 55.1 Å². The van der Waals surface area contributed by atoms with Gasteiger partial charge in [0.2, 0.25) is 0 Å². The van der Waals surface area contributed by atoms with Gasteiger partial charge in [-0.1, -0.05) is 6.92 Å². The molecule has 0 saturated heterocycles. The summed E-state index contributed by atoms with van der Waals surface area (Å²) in [6, 6.07) is 1.86. The highest BCUT2D eigenvalue weighted by molar-refractivity contribution is 5.82. The molecule has 6 heteroatoms. The van der Waals surface area contributed by atoms with Crippen molar-refractivity contribution in [3.8, 4) is 0 Å². The molecule has 0 amide bonds. The minimum atomic E-state index is -2.64. The lowest BCUT2D eigenvalue weighted by Gasteiger charge is -2.57. The summed E-state index contributed by atoms with van der Waals surface area (Å²) in [6.45, 7) is 2.71. The Morgan fingerprint density at radius 1 is 1.13 bits per heavy atom. The Bertz CT molecular complexity index is 784. The Labute approximate surface area is 177 Å². The molecular weight excluding hydrogens is 386 g/mol. The van der Waals surface area contributed by atoms with Crippen LogP contribution in [0, 0.1) is 40.9 Å². The third-order valence-corrected chi connectivity index (χ3v) is 9.72. The number of carbonyl (C=O) groups excluding carboxylic acids is 1. The first-order valence-electron chi connectivity index (χ1n) is 11.8. The van der Waals surface area contributed by atoms with E-state index in [-0.39, 0.29) is 30.1 Å². The number of aliphatic hydroxyl groups is 1.